The zero-order valence-corrected chi connectivity index (χ0v) is 8.10. The van der Waals surface area contributed by atoms with Crippen LogP contribution in [-0.2, 0) is 6.42 Å². The maximum Gasteiger partial charge on any atom is 0.418 e. The summed E-state index contributed by atoms with van der Waals surface area (Å²) in [5, 5.41) is 7.16. The third-order valence-corrected chi connectivity index (χ3v) is 2.47. The Bertz CT molecular complexity index is 421. The minimum Gasteiger partial charge on any atom is -0.166 e. The molecule has 0 amide bonds. The summed E-state index contributed by atoms with van der Waals surface area (Å²) < 4.78 is 37.8. The topological polar surface area (TPSA) is 25.8 Å². The number of hydrogen-bond acceptors (Lipinski definition) is 2. The lowest BCUT2D eigenvalue weighted by atomic mass is 9.93. The van der Waals surface area contributed by atoms with Crippen LogP contribution in [-0.4, -0.2) is 16.4 Å². The summed E-state index contributed by atoms with van der Waals surface area (Å²) in [7, 11) is 0. The Balaban J connectivity index is 2.57. The van der Waals surface area contributed by atoms with Gasteiger partial charge in [0.25, 0.3) is 0 Å². The van der Waals surface area contributed by atoms with E-state index in [0.29, 0.717) is 18.4 Å². The Morgan fingerprint density at radius 3 is 2.73 bits per heavy atom. The normalized spacial score (nSPS) is 15.9. The maximum atomic E-state index is 12.6. The standard InChI is InChI=1S/C10H9F3N2/c1-6-5-14-15-9-7(6)3-2-4-8(9)10(11,12)13/h4-5H,2-3H2,1H3. The molecule has 5 heteroatoms. The van der Waals surface area contributed by atoms with Gasteiger partial charge < -0.3 is 0 Å². The van der Waals surface area contributed by atoms with Gasteiger partial charge in [0, 0.05) is 0 Å². The van der Waals surface area contributed by atoms with E-state index in [9.17, 15) is 13.2 Å². The summed E-state index contributed by atoms with van der Waals surface area (Å²) in [6.45, 7) is 1.76. The molecule has 80 valence electrons. The van der Waals surface area contributed by atoms with Crippen molar-refractivity contribution < 1.29 is 13.2 Å². The van der Waals surface area contributed by atoms with E-state index in [1.807, 2.05) is 0 Å². The molecule has 1 aromatic heterocycles. The van der Waals surface area contributed by atoms with E-state index in [0.717, 1.165) is 5.56 Å². The monoisotopic (exact) mass is 214 g/mol. The van der Waals surface area contributed by atoms with Crippen LogP contribution in [0.15, 0.2) is 12.3 Å². The summed E-state index contributed by atoms with van der Waals surface area (Å²) in [6, 6.07) is 0. The van der Waals surface area contributed by atoms with Crippen molar-refractivity contribution in [2.75, 3.05) is 0 Å². The molecule has 1 aliphatic rings. The highest BCUT2D eigenvalue weighted by Gasteiger charge is 2.38. The highest BCUT2D eigenvalue weighted by atomic mass is 19.4. The van der Waals surface area contributed by atoms with Crippen molar-refractivity contribution in [1.29, 1.82) is 0 Å². The molecule has 1 heterocycles. The van der Waals surface area contributed by atoms with Crippen LogP contribution in [0.5, 0.6) is 0 Å². The molecule has 2 nitrogen and oxygen atoms in total. The van der Waals surface area contributed by atoms with Crippen LogP contribution in [0.3, 0.4) is 0 Å². The van der Waals surface area contributed by atoms with Gasteiger partial charge in [-0.1, -0.05) is 6.08 Å². The smallest absolute Gasteiger partial charge is 0.166 e. The third-order valence-electron chi connectivity index (χ3n) is 2.47. The fourth-order valence-corrected chi connectivity index (χ4v) is 1.74. The van der Waals surface area contributed by atoms with Gasteiger partial charge >= 0.3 is 6.18 Å². The molecule has 1 aliphatic carbocycles. The van der Waals surface area contributed by atoms with Crippen LogP contribution < -0.4 is 0 Å². The predicted molar refractivity (Wildman–Crippen MR) is 49.1 cm³/mol. The van der Waals surface area contributed by atoms with Crippen LogP contribution in [0.1, 0.15) is 23.2 Å². The van der Waals surface area contributed by atoms with Crippen molar-refractivity contribution >= 4 is 5.57 Å². The van der Waals surface area contributed by atoms with Crippen LogP contribution in [0.4, 0.5) is 13.2 Å². The average Bonchev–Trinajstić information content (AvgIpc) is 2.16. The Labute approximate surface area is 84.8 Å². The number of halogens is 3. The second-order valence-corrected chi connectivity index (χ2v) is 3.51. The molecule has 0 radical (unpaired) electrons. The minimum absolute atomic E-state index is 0.00579. The third kappa shape index (κ3) is 1.73. The fraction of sp³-hybridized carbons (Fsp3) is 0.400. The number of fused-ring (bicyclic) bond motifs is 1. The molecule has 1 aromatic rings. The molecule has 0 aromatic carbocycles. The second-order valence-electron chi connectivity index (χ2n) is 3.51. The van der Waals surface area contributed by atoms with Crippen molar-refractivity contribution in [3.8, 4) is 0 Å². The Morgan fingerprint density at radius 1 is 1.33 bits per heavy atom. The Hall–Kier alpha value is -1.39. The SMILES string of the molecule is Cc1cnnc2c1CCC=C2C(F)(F)F. The maximum absolute atomic E-state index is 12.6. The predicted octanol–water partition coefficient (Wildman–Crippen LogP) is 2.68. The van der Waals surface area contributed by atoms with Crippen molar-refractivity contribution in [3.63, 3.8) is 0 Å². The molecule has 0 saturated carbocycles. The summed E-state index contributed by atoms with van der Waals surface area (Å²) in [5.41, 5.74) is 0.781. The van der Waals surface area contributed by atoms with Crippen molar-refractivity contribution in [1.82, 2.24) is 10.2 Å². The minimum atomic E-state index is -4.34. The molecular weight excluding hydrogens is 205 g/mol. The van der Waals surface area contributed by atoms with Crippen molar-refractivity contribution in [3.05, 3.63) is 29.1 Å². The Kier molecular flexibility index (Phi) is 2.25. The average molecular weight is 214 g/mol. The van der Waals surface area contributed by atoms with Gasteiger partial charge in [-0.05, 0) is 30.9 Å². The van der Waals surface area contributed by atoms with Crippen molar-refractivity contribution in [2.45, 2.75) is 25.9 Å². The molecule has 0 bridgehead atoms. The quantitative estimate of drug-likeness (QED) is 0.663. The highest BCUT2D eigenvalue weighted by Crippen LogP contribution is 2.37. The molecule has 0 saturated heterocycles. The van der Waals surface area contributed by atoms with E-state index >= 15 is 0 Å². The number of alkyl halides is 3. The summed E-state index contributed by atoms with van der Waals surface area (Å²) >= 11 is 0. The first kappa shape index (κ1) is 10.1. The van der Waals surface area contributed by atoms with Gasteiger partial charge in [0.15, 0.2) is 0 Å². The Morgan fingerprint density at radius 2 is 2.07 bits per heavy atom. The van der Waals surface area contributed by atoms with Crippen LogP contribution in [0.2, 0.25) is 0 Å². The van der Waals surface area contributed by atoms with Crippen molar-refractivity contribution in [2.24, 2.45) is 0 Å². The molecule has 0 fully saturated rings. The van der Waals surface area contributed by atoms with Gasteiger partial charge in [0.1, 0.15) is 5.69 Å². The summed E-state index contributed by atoms with van der Waals surface area (Å²) in [4.78, 5) is 0. The molecule has 0 unspecified atom stereocenters. The lowest BCUT2D eigenvalue weighted by Gasteiger charge is -2.19. The second kappa shape index (κ2) is 3.32. The van der Waals surface area contributed by atoms with Crippen LogP contribution >= 0.6 is 0 Å². The fourth-order valence-electron chi connectivity index (χ4n) is 1.74. The van der Waals surface area contributed by atoms with Gasteiger partial charge in [-0.2, -0.15) is 23.4 Å². The molecule has 15 heavy (non-hydrogen) atoms. The van der Waals surface area contributed by atoms with E-state index in [4.69, 9.17) is 0 Å². The lowest BCUT2D eigenvalue weighted by Crippen LogP contribution is -2.17. The lowest BCUT2D eigenvalue weighted by molar-refractivity contribution is -0.0695. The van der Waals surface area contributed by atoms with Crippen LogP contribution in [0.25, 0.3) is 5.57 Å². The number of aromatic nitrogens is 2. The number of allylic oxidation sites excluding steroid dienone is 2. The molecule has 2 rings (SSSR count). The number of hydrogen-bond donors (Lipinski definition) is 0. The molecule has 0 spiro atoms. The molecular formula is C10H9F3N2. The van der Waals surface area contributed by atoms with E-state index < -0.39 is 11.7 Å². The highest BCUT2D eigenvalue weighted by molar-refractivity contribution is 5.71. The van der Waals surface area contributed by atoms with E-state index in [1.54, 1.807) is 6.92 Å². The largest absolute Gasteiger partial charge is 0.418 e. The number of rotatable bonds is 0. The van der Waals surface area contributed by atoms with E-state index in [1.165, 1.54) is 12.3 Å². The first-order valence-corrected chi connectivity index (χ1v) is 4.59. The first-order valence-electron chi connectivity index (χ1n) is 4.59. The van der Waals surface area contributed by atoms with Gasteiger partial charge in [-0.25, -0.2) is 0 Å². The summed E-state index contributed by atoms with van der Waals surface area (Å²) in [5.74, 6) is 0. The van der Waals surface area contributed by atoms with Gasteiger partial charge in [0.2, 0.25) is 0 Å². The zero-order valence-electron chi connectivity index (χ0n) is 8.10. The van der Waals surface area contributed by atoms with Gasteiger partial charge in [-0.15, -0.1) is 0 Å². The number of aryl methyl sites for hydroxylation is 1. The van der Waals surface area contributed by atoms with Gasteiger partial charge in [0.05, 0.1) is 11.8 Å². The number of nitrogens with zero attached hydrogens (tertiary/aromatic N) is 2. The first-order chi connectivity index (χ1) is 7.00. The molecule has 0 atom stereocenters. The molecule has 0 N–H and O–H groups in total. The molecule has 0 aliphatic heterocycles. The summed E-state index contributed by atoms with van der Waals surface area (Å²) in [6.07, 6.45) is -0.628. The van der Waals surface area contributed by atoms with E-state index in [2.05, 4.69) is 10.2 Å². The van der Waals surface area contributed by atoms with E-state index in [-0.39, 0.29) is 5.69 Å². The zero-order chi connectivity index (χ0) is 11.1. The van der Waals surface area contributed by atoms with Gasteiger partial charge in [-0.3, -0.25) is 0 Å². The van der Waals surface area contributed by atoms with Crippen LogP contribution in [0, 0.1) is 6.92 Å².